The van der Waals surface area contributed by atoms with E-state index in [1.54, 1.807) is 0 Å². The largest absolute Gasteiger partial charge is 0.494 e. The number of esters is 1. The van der Waals surface area contributed by atoms with Gasteiger partial charge >= 0.3 is 5.97 Å². The summed E-state index contributed by atoms with van der Waals surface area (Å²) in [5.74, 6) is 1.64. The van der Waals surface area contributed by atoms with Gasteiger partial charge in [0.25, 0.3) is 0 Å². The molecule has 2 aliphatic heterocycles. The molecule has 2 aliphatic carbocycles. The Kier molecular flexibility index (Phi) is 6.64. The molecule has 34 heavy (non-hydrogen) atoms. The molecular weight excluding hydrogens is 426 g/mol. The normalized spacial score (nSPS) is 26.9. The van der Waals surface area contributed by atoms with Crippen molar-refractivity contribution in [1.82, 2.24) is 4.90 Å². The molecule has 5 heteroatoms. The van der Waals surface area contributed by atoms with E-state index in [0.29, 0.717) is 37.3 Å². The van der Waals surface area contributed by atoms with Gasteiger partial charge in [0.15, 0.2) is 0 Å². The Morgan fingerprint density at radius 2 is 2.03 bits per heavy atom. The summed E-state index contributed by atoms with van der Waals surface area (Å²) >= 11 is 0. The van der Waals surface area contributed by atoms with Crippen LogP contribution in [0.3, 0.4) is 0 Å². The Bertz CT molecular complexity index is 1050. The lowest BCUT2D eigenvalue weighted by Gasteiger charge is -2.50. The quantitative estimate of drug-likeness (QED) is 0.583. The first kappa shape index (κ1) is 23.0. The highest BCUT2D eigenvalue weighted by atomic mass is 16.5. The van der Waals surface area contributed by atoms with E-state index >= 15 is 0 Å². The first-order chi connectivity index (χ1) is 16.5. The number of fused-ring (bicyclic) bond motifs is 5. The van der Waals surface area contributed by atoms with Crippen LogP contribution >= 0.6 is 0 Å². The van der Waals surface area contributed by atoms with E-state index in [4.69, 9.17) is 9.47 Å². The zero-order chi connectivity index (χ0) is 23.7. The molecule has 1 saturated carbocycles. The number of para-hydroxylation sites is 1. The Balaban J connectivity index is 1.44. The summed E-state index contributed by atoms with van der Waals surface area (Å²) in [6, 6.07) is 10.2. The Hall–Kier alpha value is -2.79. The van der Waals surface area contributed by atoms with E-state index in [-0.39, 0.29) is 11.9 Å². The zero-order valence-corrected chi connectivity index (χ0v) is 20.2. The summed E-state index contributed by atoms with van der Waals surface area (Å²) < 4.78 is 11.7. The van der Waals surface area contributed by atoms with Crippen molar-refractivity contribution in [2.75, 3.05) is 13.2 Å². The molecule has 0 spiro atoms. The summed E-state index contributed by atoms with van der Waals surface area (Å²) in [5, 5.41) is 10.6. The SMILES string of the molecule is CC(=O)OC1=C2C3C=C([C@H](C)CCOc4ccccc4)C=CC3=C3CCCC[C@@H]3N2C[C@H](O)C1. The fraction of sp³-hybridized carbons (Fsp3) is 0.483. The van der Waals surface area contributed by atoms with E-state index in [9.17, 15) is 9.90 Å². The van der Waals surface area contributed by atoms with Gasteiger partial charge in [-0.2, -0.15) is 0 Å². The number of nitrogens with zero attached hydrogens (tertiary/aromatic N) is 1. The molecule has 0 aromatic heterocycles. The number of aliphatic hydroxyl groups excluding tert-OH is 1. The van der Waals surface area contributed by atoms with Crippen LogP contribution in [0.25, 0.3) is 0 Å². The van der Waals surface area contributed by atoms with Crippen LogP contribution in [0.4, 0.5) is 0 Å². The zero-order valence-electron chi connectivity index (χ0n) is 20.2. The van der Waals surface area contributed by atoms with Crippen LogP contribution in [0.2, 0.25) is 0 Å². The highest BCUT2D eigenvalue weighted by Crippen LogP contribution is 2.48. The molecule has 0 amide bonds. The standard InChI is InChI=1S/C29H35NO4/c1-19(14-15-33-23-8-4-3-5-9-23)21-12-13-24-25-10-6-7-11-27(25)30-18-22(32)17-28(34-20(2)31)29(30)26(24)16-21/h3-5,8-9,12-13,16,19,22,26-27,32H,6-7,10-11,14-15,17-18H2,1-2H3/t19-,22-,26?,27+/m1/s1. The van der Waals surface area contributed by atoms with Gasteiger partial charge in [0.1, 0.15) is 11.5 Å². The van der Waals surface area contributed by atoms with Gasteiger partial charge in [-0.1, -0.05) is 49.8 Å². The number of aliphatic hydroxyl groups is 1. The summed E-state index contributed by atoms with van der Waals surface area (Å²) in [4.78, 5) is 14.3. The van der Waals surface area contributed by atoms with Crippen molar-refractivity contribution in [2.45, 2.75) is 64.5 Å². The molecule has 5 nitrogen and oxygen atoms in total. The average Bonchev–Trinajstić information content (AvgIpc) is 2.84. The number of benzene rings is 1. The van der Waals surface area contributed by atoms with Gasteiger partial charge in [0.2, 0.25) is 0 Å². The lowest BCUT2D eigenvalue weighted by molar-refractivity contribution is -0.138. The molecule has 180 valence electrons. The number of carbonyl (C=O) groups is 1. The van der Waals surface area contributed by atoms with Gasteiger partial charge < -0.3 is 19.5 Å². The van der Waals surface area contributed by atoms with Gasteiger partial charge in [-0.3, -0.25) is 4.79 Å². The van der Waals surface area contributed by atoms with Crippen molar-refractivity contribution in [3.8, 4) is 5.75 Å². The Morgan fingerprint density at radius 3 is 2.82 bits per heavy atom. The lowest BCUT2D eigenvalue weighted by atomic mass is 9.72. The predicted molar refractivity (Wildman–Crippen MR) is 132 cm³/mol. The second kappa shape index (κ2) is 9.83. The number of carbonyl (C=O) groups excluding carboxylic acids is 1. The third-order valence-corrected chi connectivity index (χ3v) is 7.59. The minimum atomic E-state index is -0.514. The van der Waals surface area contributed by atoms with Gasteiger partial charge in [-0.15, -0.1) is 0 Å². The van der Waals surface area contributed by atoms with E-state index in [1.165, 1.54) is 36.5 Å². The molecule has 1 unspecified atom stereocenters. The number of hydrogen-bond acceptors (Lipinski definition) is 5. The van der Waals surface area contributed by atoms with Gasteiger partial charge in [0.05, 0.1) is 24.4 Å². The molecule has 1 aromatic rings. The predicted octanol–water partition coefficient (Wildman–Crippen LogP) is 5.30. The molecule has 1 N–H and O–H groups in total. The minimum absolute atomic E-state index is 0.0729. The Labute approximate surface area is 202 Å². The molecule has 4 aliphatic rings. The second-order valence-electron chi connectivity index (χ2n) is 9.98. The number of hydrogen-bond donors (Lipinski definition) is 1. The summed E-state index contributed by atoms with van der Waals surface area (Å²) in [5.41, 5.74) is 5.25. The van der Waals surface area contributed by atoms with E-state index in [1.807, 2.05) is 30.3 Å². The van der Waals surface area contributed by atoms with Crippen molar-refractivity contribution in [1.29, 1.82) is 0 Å². The maximum atomic E-state index is 11.9. The van der Waals surface area contributed by atoms with Crippen molar-refractivity contribution in [3.63, 3.8) is 0 Å². The third-order valence-electron chi connectivity index (χ3n) is 7.59. The van der Waals surface area contributed by atoms with E-state index in [2.05, 4.69) is 30.1 Å². The molecule has 0 bridgehead atoms. The summed E-state index contributed by atoms with van der Waals surface area (Å²) in [6.07, 6.45) is 12.3. The smallest absolute Gasteiger partial charge is 0.307 e. The van der Waals surface area contributed by atoms with Gasteiger partial charge in [-0.25, -0.2) is 0 Å². The van der Waals surface area contributed by atoms with Crippen molar-refractivity contribution in [3.05, 3.63) is 76.7 Å². The topological polar surface area (TPSA) is 59.0 Å². The fourth-order valence-corrected chi connectivity index (χ4v) is 5.98. The third kappa shape index (κ3) is 4.58. The number of rotatable bonds is 6. The molecule has 2 heterocycles. The van der Waals surface area contributed by atoms with Crippen LogP contribution in [0, 0.1) is 11.8 Å². The van der Waals surface area contributed by atoms with E-state index in [0.717, 1.165) is 30.7 Å². The fourth-order valence-electron chi connectivity index (χ4n) is 5.98. The van der Waals surface area contributed by atoms with Crippen LogP contribution in [-0.4, -0.2) is 41.3 Å². The van der Waals surface area contributed by atoms with Gasteiger partial charge in [-0.05, 0) is 60.5 Å². The highest BCUT2D eigenvalue weighted by molar-refractivity contribution is 5.67. The minimum Gasteiger partial charge on any atom is -0.494 e. The highest BCUT2D eigenvalue weighted by Gasteiger charge is 2.43. The monoisotopic (exact) mass is 461 g/mol. The molecule has 4 atom stereocenters. The second-order valence-corrected chi connectivity index (χ2v) is 9.98. The number of ether oxygens (including phenoxy) is 2. The molecule has 5 rings (SSSR count). The molecular formula is C29H35NO4. The van der Waals surface area contributed by atoms with Crippen LogP contribution in [0.5, 0.6) is 5.75 Å². The van der Waals surface area contributed by atoms with Gasteiger partial charge in [0, 0.05) is 25.8 Å². The lowest BCUT2D eigenvalue weighted by Crippen LogP contribution is -2.50. The molecule has 1 fully saturated rings. The average molecular weight is 462 g/mol. The summed E-state index contributed by atoms with van der Waals surface area (Å²) in [6.45, 7) is 4.96. The van der Waals surface area contributed by atoms with Crippen LogP contribution in [-0.2, 0) is 9.53 Å². The van der Waals surface area contributed by atoms with Crippen molar-refractivity contribution in [2.24, 2.45) is 11.8 Å². The van der Waals surface area contributed by atoms with Crippen molar-refractivity contribution < 1.29 is 19.4 Å². The van der Waals surface area contributed by atoms with Crippen LogP contribution in [0.15, 0.2) is 76.7 Å². The summed E-state index contributed by atoms with van der Waals surface area (Å²) in [7, 11) is 0. The molecule has 1 aromatic carbocycles. The maximum Gasteiger partial charge on any atom is 0.307 e. The first-order valence-electron chi connectivity index (χ1n) is 12.7. The van der Waals surface area contributed by atoms with E-state index < -0.39 is 6.10 Å². The Morgan fingerprint density at radius 1 is 1.21 bits per heavy atom. The van der Waals surface area contributed by atoms with Crippen molar-refractivity contribution >= 4 is 5.97 Å². The first-order valence-corrected chi connectivity index (χ1v) is 12.7. The molecule has 0 radical (unpaired) electrons. The molecule has 0 saturated heterocycles. The number of allylic oxidation sites excluding steroid dienone is 4. The maximum absolute atomic E-state index is 11.9. The van der Waals surface area contributed by atoms with Crippen LogP contribution < -0.4 is 4.74 Å². The van der Waals surface area contributed by atoms with Crippen LogP contribution in [0.1, 0.15) is 52.4 Å².